The van der Waals surface area contributed by atoms with Crippen molar-refractivity contribution in [2.75, 3.05) is 23.7 Å². The molecule has 1 saturated heterocycles. The van der Waals surface area contributed by atoms with Crippen LogP contribution in [0, 0.1) is 12.3 Å². The largest absolute Gasteiger partial charge is 0.383 e. The Morgan fingerprint density at radius 1 is 1.10 bits per heavy atom. The zero-order valence-electron chi connectivity index (χ0n) is 13.4. The van der Waals surface area contributed by atoms with Gasteiger partial charge in [0.25, 0.3) is 0 Å². The van der Waals surface area contributed by atoms with Gasteiger partial charge in [-0.15, -0.1) is 0 Å². The Morgan fingerprint density at radius 3 is 2.20 bits per heavy atom. The van der Waals surface area contributed by atoms with E-state index in [0.717, 1.165) is 36.7 Å². The molecule has 0 bridgehead atoms. The molecule has 2 heterocycles. The highest BCUT2D eigenvalue weighted by molar-refractivity contribution is 5.56. The summed E-state index contributed by atoms with van der Waals surface area (Å²) in [6.45, 7) is 10.9. The molecule has 0 aromatic carbocycles. The molecule has 1 fully saturated rings. The highest BCUT2D eigenvalue weighted by atomic mass is 15.2. The molecule has 1 aliphatic heterocycles. The van der Waals surface area contributed by atoms with Crippen LogP contribution in [0.2, 0.25) is 0 Å². The smallest absolute Gasteiger partial charge is 0.137 e. The first-order valence-electron chi connectivity index (χ1n) is 7.93. The van der Waals surface area contributed by atoms with Gasteiger partial charge in [0, 0.05) is 25.1 Å². The average Bonchev–Trinajstić information content (AvgIpc) is 2.50. The van der Waals surface area contributed by atoms with Gasteiger partial charge in [-0.2, -0.15) is 0 Å². The maximum atomic E-state index is 6.03. The number of aromatic nitrogens is 2. The van der Waals surface area contributed by atoms with Gasteiger partial charge in [-0.25, -0.2) is 9.97 Å². The summed E-state index contributed by atoms with van der Waals surface area (Å²) in [7, 11) is 0. The van der Waals surface area contributed by atoms with Crippen LogP contribution in [0.1, 0.15) is 57.8 Å². The lowest BCUT2D eigenvalue weighted by Crippen LogP contribution is -2.40. The summed E-state index contributed by atoms with van der Waals surface area (Å²) in [5.41, 5.74) is 7.60. The maximum absolute atomic E-state index is 6.03. The van der Waals surface area contributed by atoms with Crippen molar-refractivity contribution in [2.24, 2.45) is 5.41 Å². The van der Waals surface area contributed by atoms with Crippen molar-refractivity contribution >= 4 is 11.6 Å². The zero-order valence-corrected chi connectivity index (χ0v) is 13.4. The van der Waals surface area contributed by atoms with E-state index in [4.69, 9.17) is 10.7 Å². The number of nitrogens with two attached hydrogens (primary N) is 1. The van der Waals surface area contributed by atoms with Crippen LogP contribution < -0.4 is 10.6 Å². The predicted octanol–water partition coefficient (Wildman–Crippen LogP) is 3.34. The Morgan fingerprint density at radius 2 is 1.70 bits per heavy atom. The molecule has 0 spiro atoms. The first-order chi connectivity index (χ1) is 9.55. The molecule has 1 aromatic heterocycles. The minimum absolute atomic E-state index is 0.538. The monoisotopic (exact) mass is 276 g/mol. The third-order valence-electron chi connectivity index (χ3n) is 5.14. The van der Waals surface area contributed by atoms with Gasteiger partial charge in [-0.3, -0.25) is 0 Å². The van der Waals surface area contributed by atoms with E-state index >= 15 is 0 Å². The fourth-order valence-electron chi connectivity index (χ4n) is 3.18. The lowest BCUT2D eigenvalue weighted by atomic mass is 9.74. The highest BCUT2D eigenvalue weighted by Crippen LogP contribution is 2.39. The van der Waals surface area contributed by atoms with Crippen LogP contribution >= 0.6 is 0 Å². The van der Waals surface area contributed by atoms with Gasteiger partial charge in [-0.1, -0.05) is 33.6 Å². The summed E-state index contributed by atoms with van der Waals surface area (Å²) < 4.78 is 0. The van der Waals surface area contributed by atoms with Gasteiger partial charge >= 0.3 is 0 Å². The van der Waals surface area contributed by atoms with Crippen molar-refractivity contribution in [3.8, 4) is 0 Å². The van der Waals surface area contributed by atoms with E-state index in [2.05, 4.69) is 30.7 Å². The fraction of sp³-hybridized carbons (Fsp3) is 0.750. The third-order valence-corrected chi connectivity index (χ3v) is 5.14. The Bertz CT molecular complexity index is 456. The number of aryl methyl sites for hydroxylation is 1. The van der Waals surface area contributed by atoms with Gasteiger partial charge in [0.1, 0.15) is 17.5 Å². The average molecular weight is 276 g/mol. The SMILES string of the molecule is CCc1nc(N)c(C)c(N2CCC(CC)(CC)CC2)n1. The number of anilines is 2. The lowest BCUT2D eigenvalue weighted by Gasteiger charge is -2.42. The minimum Gasteiger partial charge on any atom is -0.383 e. The second-order valence-electron chi connectivity index (χ2n) is 6.02. The molecular weight excluding hydrogens is 248 g/mol. The van der Waals surface area contributed by atoms with Crippen LogP contribution in [0.15, 0.2) is 0 Å². The number of nitrogen functional groups attached to an aromatic ring is 1. The molecule has 0 unspecified atom stereocenters. The Labute approximate surface area is 122 Å². The predicted molar refractivity (Wildman–Crippen MR) is 85.0 cm³/mol. The number of hydrogen-bond donors (Lipinski definition) is 1. The summed E-state index contributed by atoms with van der Waals surface area (Å²) in [6, 6.07) is 0. The van der Waals surface area contributed by atoms with Crippen molar-refractivity contribution in [3.05, 3.63) is 11.4 Å². The number of nitrogens with zero attached hydrogens (tertiary/aromatic N) is 3. The van der Waals surface area contributed by atoms with E-state index in [1.54, 1.807) is 0 Å². The maximum Gasteiger partial charge on any atom is 0.137 e. The van der Waals surface area contributed by atoms with Crippen molar-refractivity contribution in [2.45, 2.75) is 59.8 Å². The van der Waals surface area contributed by atoms with E-state index in [1.807, 2.05) is 6.92 Å². The summed E-state index contributed by atoms with van der Waals surface area (Å²) >= 11 is 0. The molecular formula is C16H28N4. The molecule has 1 aliphatic rings. The van der Waals surface area contributed by atoms with E-state index < -0.39 is 0 Å². The van der Waals surface area contributed by atoms with Gasteiger partial charge in [-0.05, 0) is 25.2 Å². The Hall–Kier alpha value is -1.32. The van der Waals surface area contributed by atoms with Crippen LogP contribution in [0.4, 0.5) is 11.6 Å². The van der Waals surface area contributed by atoms with Crippen LogP contribution in [0.3, 0.4) is 0 Å². The molecule has 4 heteroatoms. The molecule has 0 radical (unpaired) electrons. The summed E-state index contributed by atoms with van der Waals surface area (Å²) in [5.74, 6) is 2.54. The fourth-order valence-corrected chi connectivity index (χ4v) is 3.18. The Kier molecular flexibility index (Phi) is 4.51. The zero-order chi connectivity index (χ0) is 14.8. The second-order valence-corrected chi connectivity index (χ2v) is 6.02. The van der Waals surface area contributed by atoms with Crippen LogP contribution in [0.5, 0.6) is 0 Å². The van der Waals surface area contributed by atoms with Crippen LogP contribution in [-0.2, 0) is 6.42 Å². The lowest BCUT2D eigenvalue weighted by molar-refractivity contribution is 0.199. The standard InChI is InChI=1S/C16H28N4/c1-5-13-18-14(17)12(4)15(19-13)20-10-8-16(6-2,7-3)9-11-20/h5-11H2,1-4H3,(H2,17,18,19). The molecule has 4 nitrogen and oxygen atoms in total. The highest BCUT2D eigenvalue weighted by Gasteiger charge is 2.32. The number of rotatable bonds is 4. The molecule has 0 saturated carbocycles. The van der Waals surface area contributed by atoms with Gasteiger partial charge in [0.15, 0.2) is 0 Å². The first-order valence-corrected chi connectivity index (χ1v) is 7.93. The van der Waals surface area contributed by atoms with Crippen molar-refractivity contribution in [1.29, 1.82) is 0 Å². The molecule has 2 rings (SSSR count). The molecule has 112 valence electrons. The normalized spacial score (nSPS) is 18.3. The van der Waals surface area contributed by atoms with Crippen molar-refractivity contribution in [3.63, 3.8) is 0 Å². The van der Waals surface area contributed by atoms with E-state index in [1.165, 1.54) is 25.7 Å². The summed E-state index contributed by atoms with van der Waals surface area (Å²) in [4.78, 5) is 11.5. The van der Waals surface area contributed by atoms with Crippen LogP contribution in [0.25, 0.3) is 0 Å². The van der Waals surface area contributed by atoms with Crippen molar-refractivity contribution < 1.29 is 0 Å². The van der Waals surface area contributed by atoms with E-state index in [0.29, 0.717) is 11.2 Å². The molecule has 0 atom stereocenters. The summed E-state index contributed by atoms with van der Waals surface area (Å²) in [6.07, 6.45) is 5.90. The van der Waals surface area contributed by atoms with Crippen LogP contribution in [-0.4, -0.2) is 23.1 Å². The summed E-state index contributed by atoms with van der Waals surface area (Å²) in [5, 5.41) is 0. The molecule has 20 heavy (non-hydrogen) atoms. The molecule has 1 aromatic rings. The third kappa shape index (κ3) is 2.74. The van der Waals surface area contributed by atoms with Gasteiger partial charge in [0.05, 0.1) is 0 Å². The van der Waals surface area contributed by atoms with E-state index in [9.17, 15) is 0 Å². The van der Waals surface area contributed by atoms with Gasteiger partial charge < -0.3 is 10.6 Å². The molecule has 2 N–H and O–H groups in total. The molecule has 0 amide bonds. The number of hydrogen-bond acceptors (Lipinski definition) is 4. The number of piperidine rings is 1. The van der Waals surface area contributed by atoms with E-state index in [-0.39, 0.29) is 0 Å². The minimum atomic E-state index is 0.538. The molecule has 0 aliphatic carbocycles. The van der Waals surface area contributed by atoms with Crippen molar-refractivity contribution in [1.82, 2.24) is 9.97 Å². The first kappa shape index (κ1) is 15.1. The second kappa shape index (κ2) is 5.98. The topological polar surface area (TPSA) is 55.0 Å². The van der Waals surface area contributed by atoms with Gasteiger partial charge in [0.2, 0.25) is 0 Å². The Balaban J connectivity index is 2.20. The quantitative estimate of drug-likeness (QED) is 0.916.